The highest BCUT2D eigenvalue weighted by Crippen LogP contribution is 2.37. The van der Waals surface area contributed by atoms with Crippen LogP contribution in [-0.4, -0.2) is 19.4 Å². The van der Waals surface area contributed by atoms with Crippen LogP contribution in [0.4, 0.5) is 22.0 Å². The van der Waals surface area contributed by atoms with Gasteiger partial charge in [0.05, 0.1) is 7.11 Å². The van der Waals surface area contributed by atoms with Crippen LogP contribution < -0.4 is 18.9 Å². The lowest BCUT2D eigenvalue weighted by Crippen LogP contribution is -2.09. The number of hydrogen-bond acceptors (Lipinski definition) is 6. The van der Waals surface area contributed by atoms with Crippen LogP contribution in [0.5, 0.6) is 23.0 Å². The first-order chi connectivity index (χ1) is 23.8. The molecule has 0 N–H and O–H groups in total. The normalized spacial score (nSPS) is 9.72. The first-order valence-corrected chi connectivity index (χ1v) is 14.9. The number of carbonyl (C=O) groups excluding carboxylic acids is 2. The van der Waals surface area contributed by atoms with Gasteiger partial charge in [-0.25, -0.2) is 9.18 Å². The Morgan fingerprint density at radius 1 is 0.640 bits per heavy atom. The van der Waals surface area contributed by atoms with Crippen molar-refractivity contribution in [3.63, 3.8) is 0 Å². The Morgan fingerprint density at radius 3 is 1.52 bits per heavy atom. The molecule has 0 unspecified atom stereocenters. The van der Waals surface area contributed by atoms with Gasteiger partial charge < -0.3 is 18.9 Å². The second kappa shape index (κ2) is 19.8. The summed E-state index contributed by atoms with van der Waals surface area (Å²) in [7, 11) is 1.37. The highest BCUT2D eigenvalue weighted by Gasteiger charge is 2.15. The number of halogens is 5. The molecule has 0 fully saturated rings. The summed E-state index contributed by atoms with van der Waals surface area (Å²) in [6, 6.07) is 20.4. The minimum Gasteiger partial charge on any atom is -0.493 e. The molecule has 0 radical (unpaired) electrons. The third-order valence-corrected chi connectivity index (χ3v) is 6.24. The average Bonchev–Trinajstić information content (AvgIpc) is 3.11. The molecule has 0 bridgehead atoms. The third-order valence-electron chi connectivity index (χ3n) is 6.24. The number of allylic oxidation sites excluding steroid dienone is 1. The standard InChI is InChI=1S/C33H23F5O5.C4H6O.C2H6/c1-19(2)33(39)43-28-13-10-23(15-30(28)42-18-32(37)38)20-4-6-21(7-5-20)25-11-8-22(14-26(25)34)24-9-12-27(40-3)29(16-24)41-17-31(35)36;1-4(2)3-5;1-2/h4-18H,1H2,2-3H3;3H,1H2,2H3;1-2H3. The van der Waals surface area contributed by atoms with E-state index in [0.717, 1.165) is 6.29 Å². The van der Waals surface area contributed by atoms with Crippen molar-refractivity contribution in [1.82, 2.24) is 0 Å². The van der Waals surface area contributed by atoms with Crippen molar-refractivity contribution in [1.29, 1.82) is 0 Å². The van der Waals surface area contributed by atoms with Crippen LogP contribution in [0, 0.1) is 5.82 Å². The van der Waals surface area contributed by atoms with Gasteiger partial charge in [0.2, 0.25) is 0 Å². The number of esters is 1. The molecular weight excluding hydrogens is 659 g/mol. The summed E-state index contributed by atoms with van der Waals surface area (Å²) in [6.45, 7) is 13.9. The number of benzene rings is 4. The molecule has 11 heteroatoms. The summed E-state index contributed by atoms with van der Waals surface area (Å²) < 4.78 is 86.0. The maximum Gasteiger partial charge on any atom is 0.338 e. The Balaban J connectivity index is 0.00000114. The van der Waals surface area contributed by atoms with E-state index >= 15 is 4.39 Å². The fraction of sp³-hybridized carbons (Fsp3) is 0.128. The highest BCUT2D eigenvalue weighted by atomic mass is 19.3. The Bertz CT molecular complexity index is 1870. The lowest BCUT2D eigenvalue weighted by atomic mass is 9.97. The highest BCUT2D eigenvalue weighted by molar-refractivity contribution is 5.89. The van der Waals surface area contributed by atoms with E-state index < -0.39 is 23.9 Å². The van der Waals surface area contributed by atoms with E-state index in [1.807, 2.05) is 13.8 Å². The van der Waals surface area contributed by atoms with Crippen molar-refractivity contribution >= 4 is 12.3 Å². The SMILES string of the molecule is C=C(C)C(=O)Oc1ccc(-c2ccc(-c3ccc(-c4ccc(OC)c(OC=C(F)F)c4)cc3F)cc2)cc1OC=C(F)F.C=C(C)C=O.CC. The van der Waals surface area contributed by atoms with Crippen molar-refractivity contribution < 1.29 is 50.5 Å². The predicted molar refractivity (Wildman–Crippen MR) is 184 cm³/mol. The van der Waals surface area contributed by atoms with Crippen LogP contribution in [0.15, 0.2) is 128 Å². The first kappa shape index (κ1) is 40.2. The maximum atomic E-state index is 15.3. The lowest BCUT2D eigenvalue weighted by Gasteiger charge is -2.12. The van der Waals surface area contributed by atoms with Crippen LogP contribution in [0.3, 0.4) is 0 Å². The van der Waals surface area contributed by atoms with Gasteiger partial charge in [0.1, 0.15) is 12.1 Å². The molecule has 6 nitrogen and oxygen atoms in total. The van der Waals surface area contributed by atoms with Gasteiger partial charge in [-0.2, -0.15) is 17.6 Å². The van der Waals surface area contributed by atoms with Gasteiger partial charge in [-0.3, -0.25) is 4.79 Å². The van der Waals surface area contributed by atoms with E-state index in [2.05, 4.69) is 13.2 Å². The van der Waals surface area contributed by atoms with E-state index in [1.54, 1.807) is 55.5 Å². The molecule has 0 saturated carbocycles. The smallest absolute Gasteiger partial charge is 0.338 e. The Hall–Kier alpha value is -5.97. The molecule has 0 atom stereocenters. The zero-order valence-corrected chi connectivity index (χ0v) is 28.0. The van der Waals surface area contributed by atoms with Crippen LogP contribution in [-0.2, 0) is 9.59 Å². The summed E-state index contributed by atoms with van der Waals surface area (Å²) in [5.74, 6) is -1.21. The largest absolute Gasteiger partial charge is 0.493 e. The summed E-state index contributed by atoms with van der Waals surface area (Å²) in [6.07, 6.45) is -2.86. The zero-order chi connectivity index (χ0) is 37.4. The molecule has 0 aromatic heterocycles. The van der Waals surface area contributed by atoms with Gasteiger partial charge in [-0.1, -0.05) is 75.5 Å². The van der Waals surface area contributed by atoms with Crippen molar-refractivity contribution in [3.8, 4) is 56.4 Å². The molecule has 0 saturated heterocycles. The van der Waals surface area contributed by atoms with Crippen LogP contribution >= 0.6 is 0 Å². The molecule has 4 rings (SSSR count). The monoisotopic (exact) mass is 694 g/mol. The number of methoxy groups -OCH3 is 1. The number of ether oxygens (including phenoxy) is 4. The molecule has 0 aliphatic heterocycles. The summed E-state index contributed by atoms with van der Waals surface area (Å²) >= 11 is 0. The second-order valence-corrected chi connectivity index (χ2v) is 9.98. The van der Waals surface area contributed by atoms with E-state index in [4.69, 9.17) is 18.9 Å². The fourth-order valence-corrected chi connectivity index (χ4v) is 3.99. The molecule has 4 aromatic carbocycles. The number of carbonyl (C=O) groups is 2. The van der Waals surface area contributed by atoms with E-state index in [-0.39, 0.29) is 41.1 Å². The van der Waals surface area contributed by atoms with Crippen LogP contribution in [0.2, 0.25) is 0 Å². The average molecular weight is 695 g/mol. The van der Waals surface area contributed by atoms with Gasteiger partial charge >= 0.3 is 18.1 Å². The van der Waals surface area contributed by atoms with Crippen LogP contribution in [0.1, 0.15) is 27.7 Å². The van der Waals surface area contributed by atoms with Crippen molar-refractivity contribution in [3.05, 3.63) is 134 Å². The van der Waals surface area contributed by atoms with Gasteiger partial charge in [0.15, 0.2) is 35.5 Å². The number of hydrogen-bond donors (Lipinski definition) is 0. The number of rotatable bonds is 11. The van der Waals surface area contributed by atoms with Crippen molar-refractivity contribution in [2.45, 2.75) is 27.7 Å². The molecule has 0 heterocycles. The second-order valence-electron chi connectivity index (χ2n) is 9.98. The summed E-state index contributed by atoms with van der Waals surface area (Å²) in [4.78, 5) is 21.3. The fourth-order valence-electron chi connectivity index (χ4n) is 3.99. The van der Waals surface area contributed by atoms with E-state index in [1.165, 1.54) is 44.4 Å². The Labute approximate surface area is 287 Å². The lowest BCUT2D eigenvalue weighted by molar-refractivity contribution is -0.130. The quantitative estimate of drug-likeness (QED) is 0.0389. The van der Waals surface area contributed by atoms with E-state index in [0.29, 0.717) is 39.0 Å². The van der Waals surface area contributed by atoms with E-state index in [9.17, 15) is 27.2 Å². The predicted octanol–water partition coefficient (Wildman–Crippen LogP) is 11.3. The molecule has 4 aromatic rings. The minimum atomic E-state index is -2.08. The molecule has 262 valence electrons. The zero-order valence-electron chi connectivity index (χ0n) is 28.0. The van der Waals surface area contributed by atoms with Crippen LogP contribution in [0.25, 0.3) is 33.4 Å². The molecular formula is C39H35F5O6. The van der Waals surface area contributed by atoms with Crippen molar-refractivity contribution in [2.75, 3.05) is 7.11 Å². The third kappa shape index (κ3) is 11.9. The summed E-state index contributed by atoms with van der Waals surface area (Å²) in [5.41, 5.74) is 3.75. The van der Waals surface area contributed by atoms with Gasteiger partial charge in [0.25, 0.3) is 0 Å². The van der Waals surface area contributed by atoms with Gasteiger partial charge in [0, 0.05) is 11.1 Å². The Morgan fingerprint density at radius 2 is 1.06 bits per heavy atom. The molecule has 50 heavy (non-hydrogen) atoms. The number of aldehydes is 1. The first-order valence-electron chi connectivity index (χ1n) is 14.9. The molecule has 0 spiro atoms. The Kier molecular flexibility index (Phi) is 15.9. The summed E-state index contributed by atoms with van der Waals surface area (Å²) in [5, 5.41) is 0. The minimum absolute atomic E-state index is 0.0364. The van der Waals surface area contributed by atoms with Gasteiger partial charge in [-0.05, 0) is 77.6 Å². The molecule has 0 aliphatic rings. The topological polar surface area (TPSA) is 71.1 Å². The van der Waals surface area contributed by atoms with Crippen molar-refractivity contribution in [2.24, 2.45) is 0 Å². The maximum absolute atomic E-state index is 15.3. The van der Waals surface area contributed by atoms with Gasteiger partial charge in [-0.15, -0.1) is 0 Å². The molecule has 0 amide bonds. The molecule has 0 aliphatic carbocycles.